The van der Waals surface area contributed by atoms with Crippen LogP contribution in [-0.2, 0) is 4.79 Å². The van der Waals surface area contributed by atoms with Gasteiger partial charge in [-0.3, -0.25) is 0 Å². The van der Waals surface area contributed by atoms with E-state index in [1.54, 1.807) is 0 Å². The standard InChI is InChI=1S/C9H5Cl3O2/c1-4(9(13)14)8-6(11)2-5(10)3-7(8)12/h2-3H,1H2,(H,13,14). The van der Waals surface area contributed by atoms with Crippen LogP contribution in [0.25, 0.3) is 5.57 Å². The minimum Gasteiger partial charge on any atom is -0.478 e. The molecule has 0 amide bonds. The lowest BCUT2D eigenvalue weighted by Crippen LogP contribution is -1.99. The molecule has 1 N–H and O–H groups in total. The van der Waals surface area contributed by atoms with Crippen LogP contribution in [0.5, 0.6) is 0 Å². The average molecular weight is 251 g/mol. The van der Waals surface area contributed by atoms with Crippen molar-refractivity contribution < 1.29 is 9.90 Å². The molecule has 74 valence electrons. The zero-order chi connectivity index (χ0) is 10.9. The van der Waals surface area contributed by atoms with Crippen LogP contribution < -0.4 is 0 Å². The van der Waals surface area contributed by atoms with E-state index in [1.165, 1.54) is 12.1 Å². The molecule has 0 saturated heterocycles. The van der Waals surface area contributed by atoms with E-state index in [0.29, 0.717) is 5.02 Å². The van der Waals surface area contributed by atoms with Gasteiger partial charge in [0.2, 0.25) is 0 Å². The molecule has 0 fully saturated rings. The summed E-state index contributed by atoms with van der Waals surface area (Å²) < 4.78 is 0. The van der Waals surface area contributed by atoms with E-state index in [9.17, 15) is 4.79 Å². The van der Waals surface area contributed by atoms with E-state index in [2.05, 4.69) is 6.58 Å². The van der Waals surface area contributed by atoms with Crippen LogP contribution in [0.1, 0.15) is 5.56 Å². The fraction of sp³-hybridized carbons (Fsp3) is 0. The number of carbonyl (C=O) groups is 1. The highest BCUT2D eigenvalue weighted by Crippen LogP contribution is 2.33. The van der Waals surface area contributed by atoms with Gasteiger partial charge in [-0.15, -0.1) is 0 Å². The van der Waals surface area contributed by atoms with Crippen molar-refractivity contribution in [3.05, 3.63) is 39.3 Å². The van der Waals surface area contributed by atoms with Crippen LogP contribution in [0.2, 0.25) is 15.1 Å². The summed E-state index contributed by atoms with van der Waals surface area (Å²) in [7, 11) is 0. The number of halogens is 3. The maximum Gasteiger partial charge on any atom is 0.335 e. The maximum atomic E-state index is 10.6. The van der Waals surface area contributed by atoms with E-state index in [4.69, 9.17) is 39.9 Å². The van der Waals surface area contributed by atoms with E-state index in [1.807, 2.05) is 0 Å². The van der Waals surface area contributed by atoms with Crippen molar-refractivity contribution in [2.45, 2.75) is 0 Å². The summed E-state index contributed by atoms with van der Waals surface area (Å²) in [4.78, 5) is 10.6. The molecule has 0 aliphatic rings. The molecule has 0 aliphatic carbocycles. The molecule has 1 aromatic carbocycles. The maximum absolute atomic E-state index is 10.6. The number of benzene rings is 1. The molecule has 0 spiro atoms. The first-order valence-electron chi connectivity index (χ1n) is 3.50. The van der Waals surface area contributed by atoms with Crippen LogP contribution in [-0.4, -0.2) is 11.1 Å². The highest BCUT2D eigenvalue weighted by atomic mass is 35.5. The van der Waals surface area contributed by atoms with Gasteiger partial charge in [0.15, 0.2) is 0 Å². The van der Waals surface area contributed by atoms with Gasteiger partial charge in [-0.05, 0) is 12.1 Å². The minimum absolute atomic E-state index is 0.156. The summed E-state index contributed by atoms with van der Waals surface area (Å²) >= 11 is 17.2. The lowest BCUT2D eigenvalue weighted by atomic mass is 10.1. The third-order valence-corrected chi connectivity index (χ3v) is 2.38. The Hall–Kier alpha value is -0.700. The van der Waals surface area contributed by atoms with Crippen LogP contribution >= 0.6 is 34.8 Å². The van der Waals surface area contributed by atoms with Crippen molar-refractivity contribution in [3.8, 4) is 0 Å². The van der Waals surface area contributed by atoms with Gasteiger partial charge in [0.05, 0.1) is 15.6 Å². The second-order valence-corrected chi connectivity index (χ2v) is 3.78. The highest BCUT2D eigenvalue weighted by molar-refractivity contribution is 6.42. The molecule has 0 saturated carbocycles. The normalized spacial score (nSPS) is 9.93. The topological polar surface area (TPSA) is 37.3 Å². The molecule has 0 aliphatic heterocycles. The van der Waals surface area contributed by atoms with E-state index in [-0.39, 0.29) is 21.2 Å². The SMILES string of the molecule is C=C(C(=O)O)c1c(Cl)cc(Cl)cc1Cl. The van der Waals surface area contributed by atoms with Crippen molar-refractivity contribution >= 4 is 46.3 Å². The molecule has 2 nitrogen and oxygen atoms in total. The second kappa shape index (κ2) is 4.22. The lowest BCUT2D eigenvalue weighted by molar-refractivity contribution is -0.130. The van der Waals surface area contributed by atoms with Gasteiger partial charge in [0.1, 0.15) is 0 Å². The van der Waals surface area contributed by atoms with Crippen molar-refractivity contribution in [1.29, 1.82) is 0 Å². The van der Waals surface area contributed by atoms with Gasteiger partial charge in [0.25, 0.3) is 0 Å². The van der Waals surface area contributed by atoms with Gasteiger partial charge >= 0.3 is 5.97 Å². The van der Waals surface area contributed by atoms with Gasteiger partial charge in [-0.1, -0.05) is 41.4 Å². The first-order chi connectivity index (χ1) is 6.43. The highest BCUT2D eigenvalue weighted by Gasteiger charge is 2.15. The Kier molecular flexibility index (Phi) is 3.43. The third-order valence-electron chi connectivity index (χ3n) is 1.57. The van der Waals surface area contributed by atoms with Crippen LogP contribution in [0.15, 0.2) is 18.7 Å². The van der Waals surface area contributed by atoms with E-state index in [0.717, 1.165) is 0 Å². The molecule has 0 atom stereocenters. The molecule has 0 radical (unpaired) electrons. The summed E-state index contributed by atoms with van der Waals surface area (Å²) in [5.74, 6) is -1.17. The second-order valence-electron chi connectivity index (χ2n) is 2.53. The molecule has 1 aromatic rings. The summed E-state index contributed by atoms with van der Waals surface area (Å²) in [6.45, 7) is 3.36. The predicted octanol–water partition coefficient (Wildman–Crippen LogP) is 3.74. The Balaban J connectivity index is 3.35. The molecule has 0 bridgehead atoms. The summed E-state index contributed by atoms with van der Waals surface area (Å²) in [5, 5.41) is 9.40. The van der Waals surface area contributed by atoms with Crippen molar-refractivity contribution in [1.82, 2.24) is 0 Å². The van der Waals surface area contributed by atoms with Gasteiger partial charge in [0, 0.05) is 10.6 Å². The molecule has 0 aromatic heterocycles. The molecular formula is C9H5Cl3O2. The van der Waals surface area contributed by atoms with Crippen molar-refractivity contribution in [2.75, 3.05) is 0 Å². The molecular weight excluding hydrogens is 246 g/mol. The number of rotatable bonds is 2. The number of aliphatic carboxylic acids is 1. The minimum atomic E-state index is -1.17. The van der Waals surface area contributed by atoms with E-state index >= 15 is 0 Å². The quantitative estimate of drug-likeness (QED) is 0.813. The lowest BCUT2D eigenvalue weighted by Gasteiger charge is -2.06. The van der Waals surface area contributed by atoms with Crippen LogP contribution in [0.3, 0.4) is 0 Å². The van der Waals surface area contributed by atoms with Gasteiger partial charge in [-0.2, -0.15) is 0 Å². The zero-order valence-corrected chi connectivity index (χ0v) is 9.12. The fourth-order valence-corrected chi connectivity index (χ4v) is 1.98. The summed E-state index contributed by atoms with van der Waals surface area (Å²) in [6.07, 6.45) is 0. The van der Waals surface area contributed by atoms with Crippen LogP contribution in [0, 0.1) is 0 Å². The molecule has 0 unspecified atom stereocenters. The Morgan fingerprint density at radius 2 is 1.64 bits per heavy atom. The zero-order valence-electron chi connectivity index (χ0n) is 6.85. The molecule has 1 rings (SSSR count). The molecule has 0 heterocycles. The first-order valence-corrected chi connectivity index (χ1v) is 4.64. The van der Waals surface area contributed by atoms with Gasteiger partial charge < -0.3 is 5.11 Å². The Morgan fingerprint density at radius 1 is 1.21 bits per heavy atom. The Morgan fingerprint density at radius 3 is 2.00 bits per heavy atom. The number of hydrogen-bond acceptors (Lipinski definition) is 1. The van der Waals surface area contributed by atoms with Crippen LogP contribution in [0.4, 0.5) is 0 Å². The van der Waals surface area contributed by atoms with Crippen molar-refractivity contribution in [3.63, 3.8) is 0 Å². The Labute approximate surface area is 95.7 Å². The molecule has 5 heteroatoms. The van der Waals surface area contributed by atoms with Gasteiger partial charge in [-0.25, -0.2) is 4.79 Å². The monoisotopic (exact) mass is 250 g/mol. The third kappa shape index (κ3) is 2.21. The number of hydrogen-bond donors (Lipinski definition) is 1. The summed E-state index contributed by atoms with van der Waals surface area (Å²) in [5.41, 5.74) is 0.0434. The first kappa shape index (κ1) is 11.4. The van der Waals surface area contributed by atoms with Crippen molar-refractivity contribution in [2.24, 2.45) is 0 Å². The predicted molar refractivity (Wildman–Crippen MR) is 58.1 cm³/mol. The average Bonchev–Trinajstić information content (AvgIpc) is 2.01. The number of carboxylic acid groups (broad SMARTS) is 1. The molecule has 14 heavy (non-hydrogen) atoms. The summed E-state index contributed by atoms with van der Waals surface area (Å²) in [6, 6.07) is 2.83. The van der Waals surface area contributed by atoms with E-state index < -0.39 is 5.97 Å². The fourth-order valence-electron chi connectivity index (χ4n) is 0.937. The largest absolute Gasteiger partial charge is 0.478 e. The smallest absolute Gasteiger partial charge is 0.335 e. The Bertz CT molecular complexity index is 390. The number of carboxylic acids is 1.